The minimum absolute atomic E-state index is 0.0650. The first kappa shape index (κ1) is 18.4. The zero-order chi connectivity index (χ0) is 19.9. The molecule has 1 aliphatic carbocycles. The van der Waals surface area contributed by atoms with E-state index in [1.807, 2.05) is 22.9 Å². The average Bonchev–Trinajstić information content (AvgIpc) is 3.19. The van der Waals surface area contributed by atoms with E-state index in [0.717, 1.165) is 11.0 Å². The summed E-state index contributed by atoms with van der Waals surface area (Å²) < 4.78 is 34.0. The Balaban J connectivity index is 1.64. The maximum absolute atomic E-state index is 13.4. The highest BCUT2D eigenvalue weighted by Crippen LogP contribution is 2.37. The van der Waals surface area contributed by atoms with Crippen molar-refractivity contribution in [1.29, 1.82) is 0 Å². The van der Waals surface area contributed by atoms with Crippen LogP contribution in [0.3, 0.4) is 0 Å². The summed E-state index contributed by atoms with van der Waals surface area (Å²) in [4.78, 5) is 15.4. The molecule has 0 unspecified atom stereocenters. The monoisotopic (exact) mass is 390 g/mol. The number of amides is 1. The normalized spacial score (nSPS) is 17.1. The van der Waals surface area contributed by atoms with Gasteiger partial charge in [0.2, 0.25) is 5.92 Å². The van der Waals surface area contributed by atoms with E-state index in [0.29, 0.717) is 36.3 Å². The Bertz CT molecular complexity index is 1020. The van der Waals surface area contributed by atoms with Crippen molar-refractivity contribution in [2.24, 2.45) is 5.92 Å². The molecule has 1 amide bonds. The van der Waals surface area contributed by atoms with Gasteiger partial charge in [-0.05, 0) is 37.8 Å². The molecule has 1 saturated carbocycles. The smallest absolute Gasteiger partial charge is 0.410 e. The van der Waals surface area contributed by atoms with Crippen molar-refractivity contribution < 1.29 is 23.2 Å². The standard InChI is InChI=1S/C19H20F2N4O3/c1-11-16(17(24-28-11)23-18(26)27)13-8-15-14(22-9-13)4-7-25(15)10-12-2-5-19(20,21)6-3-12/h4,7-9,12H,2-3,5-6,10H2,1H3,(H,23,24)(H,26,27). The maximum Gasteiger partial charge on any atom is 0.410 e. The highest BCUT2D eigenvalue weighted by Gasteiger charge is 2.35. The number of rotatable bonds is 4. The van der Waals surface area contributed by atoms with E-state index in [1.54, 1.807) is 13.1 Å². The van der Waals surface area contributed by atoms with Crippen molar-refractivity contribution in [2.75, 3.05) is 5.32 Å². The van der Waals surface area contributed by atoms with Gasteiger partial charge < -0.3 is 14.2 Å². The number of nitrogens with zero attached hydrogens (tertiary/aromatic N) is 3. The molecule has 1 aliphatic rings. The predicted molar refractivity (Wildman–Crippen MR) is 98.5 cm³/mol. The summed E-state index contributed by atoms with van der Waals surface area (Å²) >= 11 is 0. The second-order valence-corrected chi connectivity index (χ2v) is 7.29. The van der Waals surface area contributed by atoms with Crippen LogP contribution in [-0.2, 0) is 6.54 Å². The molecule has 1 fully saturated rings. The summed E-state index contributed by atoms with van der Waals surface area (Å²) in [6, 6.07) is 3.78. The summed E-state index contributed by atoms with van der Waals surface area (Å²) in [5.74, 6) is -1.76. The maximum atomic E-state index is 13.4. The van der Waals surface area contributed by atoms with Crippen LogP contribution in [0.1, 0.15) is 31.4 Å². The first-order chi connectivity index (χ1) is 13.3. The highest BCUT2D eigenvalue weighted by molar-refractivity contribution is 5.91. The molecule has 0 saturated heterocycles. The Morgan fingerprint density at radius 2 is 2.18 bits per heavy atom. The third-order valence-corrected chi connectivity index (χ3v) is 5.29. The van der Waals surface area contributed by atoms with Crippen molar-refractivity contribution in [3.63, 3.8) is 0 Å². The zero-order valence-corrected chi connectivity index (χ0v) is 15.3. The van der Waals surface area contributed by atoms with E-state index in [2.05, 4.69) is 15.5 Å². The van der Waals surface area contributed by atoms with E-state index in [9.17, 15) is 13.6 Å². The molecule has 0 atom stereocenters. The Kier molecular flexibility index (Phi) is 4.52. The third-order valence-electron chi connectivity index (χ3n) is 5.29. The molecule has 0 aromatic carbocycles. The predicted octanol–water partition coefficient (Wildman–Crippen LogP) is 4.92. The fourth-order valence-corrected chi connectivity index (χ4v) is 3.82. The zero-order valence-electron chi connectivity index (χ0n) is 15.3. The molecule has 7 nitrogen and oxygen atoms in total. The summed E-state index contributed by atoms with van der Waals surface area (Å²) in [5.41, 5.74) is 2.84. The van der Waals surface area contributed by atoms with Crippen molar-refractivity contribution in [3.05, 3.63) is 30.3 Å². The number of fused-ring (bicyclic) bond motifs is 1. The first-order valence-electron chi connectivity index (χ1n) is 9.12. The van der Waals surface area contributed by atoms with Gasteiger partial charge in [-0.2, -0.15) is 0 Å². The summed E-state index contributed by atoms with van der Waals surface area (Å²) in [6.07, 6.45) is 3.18. The number of hydrogen-bond donors (Lipinski definition) is 2. The van der Waals surface area contributed by atoms with Gasteiger partial charge in [-0.3, -0.25) is 10.3 Å². The molecule has 0 aliphatic heterocycles. The number of carbonyl (C=O) groups is 1. The van der Waals surface area contributed by atoms with Gasteiger partial charge in [0.1, 0.15) is 5.76 Å². The highest BCUT2D eigenvalue weighted by atomic mass is 19.3. The molecule has 2 N–H and O–H groups in total. The van der Waals surface area contributed by atoms with Crippen molar-refractivity contribution in [1.82, 2.24) is 14.7 Å². The lowest BCUT2D eigenvalue weighted by molar-refractivity contribution is -0.0472. The van der Waals surface area contributed by atoms with Crippen molar-refractivity contribution >= 4 is 22.9 Å². The van der Waals surface area contributed by atoms with Crippen LogP contribution in [0.15, 0.2) is 29.0 Å². The van der Waals surface area contributed by atoms with Gasteiger partial charge in [-0.25, -0.2) is 13.6 Å². The number of alkyl halides is 2. The summed E-state index contributed by atoms with van der Waals surface area (Å²) in [7, 11) is 0. The van der Waals surface area contributed by atoms with Crippen LogP contribution in [0.25, 0.3) is 22.2 Å². The Hall–Kier alpha value is -2.97. The molecule has 148 valence electrons. The number of carboxylic acid groups (broad SMARTS) is 1. The molecule has 3 aromatic rings. The molecule has 0 radical (unpaired) electrons. The SMILES string of the molecule is Cc1onc(NC(=O)O)c1-c1cnc2ccn(CC3CCC(F)(F)CC3)c2c1. The molecular weight excluding hydrogens is 370 g/mol. The molecule has 0 spiro atoms. The van der Waals surface area contributed by atoms with Crippen LogP contribution >= 0.6 is 0 Å². The van der Waals surface area contributed by atoms with Gasteiger partial charge in [0, 0.05) is 37.3 Å². The quantitative estimate of drug-likeness (QED) is 0.660. The molecule has 3 heterocycles. The number of aryl methyl sites for hydroxylation is 1. The fourth-order valence-electron chi connectivity index (χ4n) is 3.82. The Morgan fingerprint density at radius 3 is 2.89 bits per heavy atom. The topological polar surface area (TPSA) is 93.2 Å². The van der Waals surface area contributed by atoms with E-state index in [-0.39, 0.29) is 24.6 Å². The van der Waals surface area contributed by atoms with Gasteiger partial charge in [-0.1, -0.05) is 5.16 Å². The number of anilines is 1. The lowest BCUT2D eigenvalue weighted by atomic mass is 9.87. The Morgan fingerprint density at radius 1 is 1.43 bits per heavy atom. The van der Waals surface area contributed by atoms with Gasteiger partial charge in [-0.15, -0.1) is 0 Å². The van der Waals surface area contributed by atoms with Gasteiger partial charge in [0.15, 0.2) is 5.82 Å². The van der Waals surface area contributed by atoms with Crippen LogP contribution in [0.2, 0.25) is 0 Å². The number of nitrogens with one attached hydrogen (secondary N) is 1. The van der Waals surface area contributed by atoms with Crippen LogP contribution in [-0.4, -0.2) is 31.8 Å². The van der Waals surface area contributed by atoms with Crippen LogP contribution in [0.5, 0.6) is 0 Å². The van der Waals surface area contributed by atoms with Crippen molar-refractivity contribution in [3.8, 4) is 11.1 Å². The molecule has 3 aromatic heterocycles. The number of aromatic nitrogens is 3. The van der Waals surface area contributed by atoms with Crippen molar-refractivity contribution in [2.45, 2.75) is 45.1 Å². The third kappa shape index (κ3) is 3.56. The minimum Gasteiger partial charge on any atom is -0.465 e. The molecule has 0 bridgehead atoms. The van der Waals surface area contributed by atoms with E-state index < -0.39 is 12.0 Å². The van der Waals surface area contributed by atoms with E-state index in [4.69, 9.17) is 9.63 Å². The van der Waals surface area contributed by atoms with E-state index in [1.165, 1.54) is 0 Å². The fraction of sp³-hybridized carbons (Fsp3) is 0.421. The summed E-state index contributed by atoms with van der Waals surface area (Å²) in [5, 5.41) is 15.0. The molecule has 9 heteroatoms. The number of hydrogen-bond acceptors (Lipinski definition) is 4. The lowest BCUT2D eigenvalue weighted by Crippen LogP contribution is -2.26. The van der Waals surface area contributed by atoms with Gasteiger partial charge in [0.05, 0.1) is 16.6 Å². The van der Waals surface area contributed by atoms with Gasteiger partial charge in [0.25, 0.3) is 0 Å². The van der Waals surface area contributed by atoms with Gasteiger partial charge >= 0.3 is 6.09 Å². The second-order valence-electron chi connectivity index (χ2n) is 7.29. The molecule has 4 rings (SSSR count). The second kappa shape index (κ2) is 6.88. The number of halogens is 2. The van der Waals surface area contributed by atoms with E-state index >= 15 is 0 Å². The van der Waals surface area contributed by atoms with Crippen LogP contribution in [0, 0.1) is 12.8 Å². The first-order valence-corrected chi connectivity index (χ1v) is 9.12. The van der Waals surface area contributed by atoms with Crippen LogP contribution in [0.4, 0.5) is 19.4 Å². The number of pyridine rings is 1. The average molecular weight is 390 g/mol. The van der Waals surface area contributed by atoms with Crippen LogP contribution < -0.4 is 5.32 Å². The summed E-state index contributed by atoms with van der Waals surface area (Å²) in [6.45, 7) is 2.34. The molecular formula is C19H20F2N4O3. The minimum atomic E-state index is -2.54. The Labute approximate surface area is 159 Å². The lowest BCUT2D eigenvalue weighted by Gasteiger charge is -2.28. The largest absolute Gasteiger partial charge is 0.465 e. The molecule has 28 heavy (non-hydrogen) atoms.